The van der Waals surface area contributed by atoms with Gasteiger partial charge in [-0.05, 0) is 257 Å². The van der Waals surface area contributed by atoms with Gasteiger partial charge in [-0.2, -0.15) is 13.4 Å². The minimum absolute atomic E-state index is 0.0524. The van der Waals surface area contributed by atoms with Crippen molar-refractivity contribution in [3.05, 3.63) is 328 Å². The minimum Gasteiger partial charge on any atom is -0.399 e. The molecule has 13 rings (SSSR count). The molecular weight excluding hydrogens is 1360 g/mol. The van der Waals surface area contributed by atoms with E-state index in [-0.39, 0.29) is 10.2 Å². The minimum atomic E-state index is -4.15. The van der Waals surface area contributed by atoms with Gasteiger partial charge in [0.2, 0.25) is 4.77 Å². The molecule has 0 fully saturated rings. The van der Waals surface area contributed by atoms with Gasteiger partial charge in [-0.1, -0.05) is 191 Å². The molecule has 0 unspecified atom stereocenters. The molecule has 0 aliphatic carbocycles. The highest BCUT2D eigenvalue weighted by Gasteiger charge is 2.17. The molecule has 0 atom stereocenters. The second-order valence-electron chi connectivity index (χ2n) is 25.1. The number of nitrogens with one attached hydrogen (secondary N) is 4. The van der Waals surface area contributed by atoms with Crippen LogP contribution in [0.4, 0.5) is 5.69 Å². The molecule has 0 spiro atoms. The Morgan fingerprint density at radius 2 is 0.689 bits per heavy atom. The molecular formula is C83H83N8O8PS3. The van der Waals surface area contributed by atoms with E-state index in [9.17, 15) is 22.6 Å². The molecule has 103 heavy (non-hydrogen) atoms. The van der Waals surface area contributed by atoms with Gasteiger partial charge in [-0.25, -0.2) is 14.6 Å². The van der Waals surface area contributed by atoms with Gasteiger partial charge in [-0.15, -0.1) is 0 Å². The maximum atomic E-state index is 11.1. The highest BCUT2D eigenvalue weighted by Crippen LogP contribution is 2.35. The molecule has 0 aliphatic heterocycles. The van der Waals surface area contributed by atoms with E-state index in [0.717, 1.165) is 83.8 Å². The standard InChI is InChI=1S/C19H17N.C14H15N.C14H15O3P.C14H14O3S.C11H11N3O2.C11H11N3S2/c1-14-3-4-15(2)19(13-14)18-7-5-16(6-8-18)17-9-11-20-12-10-17;1-10-3-4-11(2)14(9-10)12-5-7-13(15)8-6-12;2*1-10-3-4-11(2)14(9-10)12-5-7-13(8-6-12)18(15,16)17;2*1-6-3-4-7(2)8(5-6)9-12-10(15)14-11(16)13-9/h3-13H,1-2H3;3-9H,15H2,1-2H3;3-9H,1-2H3,(H2,15,16,17);3-9H,1-2H3,(H,15,16,17);2*3-5H,1-2H3,(H2,12,13,14,15,16). The number of nitrogens with zero attached hydrogens (tertiary/aromatic N) is 3. The zero-order valence-electron chi connectivity index (χ0n) is 59.4. The maximum absolute atomic E-state index is 11.1. The van der Waals surface area contributed by atoms with E-state index in [1.807, 2.05) is 139 Å². The second kappa shape index (κ2) is 35.2. The van der Waals surface area contributed by atoms with Crippen molar-refractivity contribution in [2.75, 3.05) is 5.73 Å². The number of pyridine rings is 1. The van der Waals surface area contributed by atoms with Crippen molar-refractivity contribution in [2.24, 2.45) is 0 Å². The van der Waals surface area contributed by atoms with Crippen molar-refractivity contribution in [1.29, 1.82) is 0 Å². The summed E-state index contributed by atoms with van der Waals surface area (Å²) in [5.74, 6) is 1.02. The molecule has 0 radical (unpaired) electrons. The monoisotopic (exact) mass is 1450 g/mol. The third-order valence-corrected chi connectivity index (χ3v) is 18.8. The smallest absolute Gasteiger partial charge is 0.356 e. The fourth-order valence-electron chi connectivity index (χ4n) is 10.9. The van der Waals surface area contributed by atoms with Crippen LogP contribution < -0.4 is 22.4 Å². The summed E-state index contributed by atoms with van der Waals surface area (Å²) in [4.78, 5) is 62.6. The van der Waals surface area contributed by atoms with Crippen molar-refractivity contribution in [3.8, 4) is 78.4 Å². The molecule has 16 nitrogen and oxygen atoms in total. The predicted octanol–water partition coefficient (Wildman–Crippen LogP) is 18.8. The molecule has 526 valence electrons. The Labute approximate surface area is 611 Å². The third-order valence-electron chi connectivity index (χ3n) is 16.6. The Morgan fingerprint density at radius 3 is 1.04 bits per heavy atom. The number of nitrogen functional groups attached to an aromatic ring is 1. The lowest BCUT2D eigenvalue weighted by Crippen LogP contribution is -2.25. The first-order valence-corrected chi connectivity index (χ1v) is 36.6. The van der Waals surface area contributed by atoms with Crippen LogP contribution in [0.25, 0.3) is 78.4 Å². The molecule has 0 bridgehead atoms. The first kappa shape index (κ1) is 78.0. The number of aromatic nitrogens is 7. The second-order valence-corrected chi connectivity index (χ2v) is 28.9. The number of benzene rings is 10. The lowest BCUT2D eigenvalue weighted by Gasteiger charge is -2.09. The zero-order chi connectivity index (χ0) is 74.9. The zero-order valence-corrected chi connectivity index (χ0v) is 62.8. The topological polar surface area (TPSA) is 274 Å². The third kappa shape index (κ3) is 22.6. The Bertz CT molecular complexity index is 5370. The normalized spacial score (nSPS) is 10.8. The number of rotatable bonds is 9. The average molecular weight is 1450 g/mol. The number of H-pyrrole nitrogens is 4. The van der Waals surface area contributed by atoms with E-state index < -0.39 is 29.1 Å². The van der Waals surface area contributed by atoms with Crippen LogP contribution >= 0.6 is 32.0 Å². The molecule has 3 aromatic heterocycles. The van der Waals surface area contributed by atoms with Crippen LogP contribution in [0.3, 0.4) is 0 Å². The summed E-state index contributed by atoms with van der Waals surface area (Å²) in [6.07, 6.45) is 3.65. The first-order valence-electron chi connectivity index (χ1n) is 32.7. The van der Waals surface area contributed by atoms with Crippen LogP contribution in [0.1, 0.15) is 66.8 Å². The van der Waals surface area contributed by atoms with Crippen molar-refractivity contribution in [1.82, 2.24) is 34.9 Å². The van der Waals surface area contributed by atoms with Crippen LogP contribution in [0.15, 0.2) is 245 Å². The van der Waals surface area contributed by atoms with E-state index in [4.69, 9.17) is 44.5 Å². The van der Waals surface area contributed by atoms with E-state index in [1.165, 1.54) is 85.5 Å². The highest BCUT2D eigenvalue weighted by atomic mass is 32.2. The summed E-state index contributed by atoms with van der Waals surface area (Å²) in [5, 5.41) is 0.0524. The van der Waals surface area contributed by atoms with Crippen molar-refractivity contribution in [2.45, 2.75) is 88.0 Å². The molecule has 10 aromatic carbocycles. The van der Waals surface area contributed by atoms with Gasteiger partial charge < -0.3 is 25.5 Å². The van der Waals surface area contributed by atoms with Gasteiger partial charge in [-0.3, -0.25) is 24.1 Å². The number of anilines is 1. The summed E-state index contributed by atoms with van der Waals surface area (Å²) in [5.41, 5.74) is 32.8. The number of aromatic amines is 4. The Morgan fingerprint density at radius 1 is 0.379 bits per heavy atom. The number of hydrogen-bond donors (Lipinski definition) is 8. The van der Waals surface area contributed by atoms with Gasteiger partial charge in [0.1, 0.15) is 11.6 Å². The van der Waals surface area contributed by atoms with Crippen molar-refractivity contribution in [3.63, 3.8) is 0 Å². The Hall–Kier alpha value is -10.7. The van der Waals surface area contributed by atoms with Gasteiger partial charge >= 0.3 is 19.0 Å². The SMILES string of the molecule is Cc1ccc(C)c(-c2ccc(-c3ccncc3)cc2)c1.Cc1ccc(C)c(-c2ccc(N)cc2)c1.Cc1ccc(C)c(-c2ccc(P(=O)(O)O)cc2)c1.Cc1ccc(C)c(-c2ccc(S(=O)(=O)O)cc2)c1.Cc1ccc(C)c(-c2nc(=O)[nH]c(=O)[nH]2)c1.Cc1ccc(C)c(-c2nc(=S)[nH]c(=S)[nH]2)c1. The van der Waals surface area contributed by atoms with Gasteiger partial charge in [0.25, 0.3) is 10.1 Å². The first-order chi connectivity index (χ1) is 48.8. The quantitative estimate of drug-likeness (QED) is 0.0289. The summed E-state index contributed by atoms with van der Waals surface area (Å²) in [6, 6.07) is 70.8. The lowest BCUT2D eigenvalue weighted by atomic mass is 9.96. The number of aryl methyl sites for hydroxylation is 12. The molecule has 13 aromatic rings. The maximum Gasteiger partial charge on any atom is 0.356 e. The number of nitrogens with two attached hydrogens (primary N) is 1. The predicted molar refractivity (Wildman–Crippen MR) is 424 cm³/mol. The fourth-order valence-corrected chi connectivity index (χ4v) is 12.4. The van der Waals surface area contributed by atoms with Crippen LogP contribution in [-0.2, 0) is 14.7 Å². The summed E-state index contributed by atoms with van der Waals surface area (Å²) in [7, 11) is -8.27. The van der Waals surface area contributed by atoms with E-state index in [0.29, 0.717) is 15.4 Å². The summed E-state index contributed by atoms with van der Waals surface area (Å²) < 4.78 is 42.8. The van der Waals surface area contributed by atoms with Gasteiger partial charge in [0.15, 0.2) is 4.77 Å². The molecule has 0 saturated carbocycles. The summed E-state index contributed by atoms with van der Waals surface area (Å²) >= 11 is 10.1. The summed E-state index contributed by atoms with van der Waals surface area (Å²) in [6.45, 7) is 24.5. The van der Waals surface area contributed by atoms with Crippen molar-refractivity contribution >= 4 is 53.1 Å². The van der Waals surface area contributed by atoms with E-state index >= 15 is 0 Å². The molecule has 9 N–H and O–H groups in total. The van der Waals surface area contributed by atoms with Crippen LogP contribution in [0.5, 0.6) is 0 Å². The van der Waals surface area contributed by atoms with Gasteiger partial charge in [0, 0.05) is 29.2 Å². The van der Waals surface area contributed by atoms with Crippen molar-refractivity contribution < 1.29 is 27.3 Å². The molecule has 0 saturated heterocycles. The molecule has 0 amide bonds. The van der Waals surface area contributed by atoms with Gasteiger partial charge in [0.05, 0.1) is 10.2 Å². The molecule has 20 heteroatoms. The largest absolute Gasteiger partial charge is 0.399 e. The number of hydrogen-bond acceptors (Lipinski definition) is 11. The lowest BCUT2D eigenvalue weighted by molar-refractivity contribution is 0.387. The van der Waals surface area contributed by atoms with E-state index in [1.54, 1.807) is 24.3 Å². The molecule has 0 aliphatic rings. The van der Waals surface area contributed by atoms with E-state index in [2.05, 4.69) is 161 Å². The van der Waals surface area contributed by atoms with Crippen LogP contribution in [-0.4, -0.2) is 57.6 Å². The van der Waals surface area contributed by atoms with Crippen LogP contribution in [0, 0.1) is 92.6 Å². The highest BCUT2D eigenvalue weighted by molar-refractivity contribution is 7.85. The molecule has 3 heterocycles. The Kier molecular flexibility index (Phi) is 26.7. The average Bonchev–Trinajstić information content (AvgIpc) is 0.853. The van der Waals surface area contributed by atoms with Crippen LogP contribution in [0.2, 0.25) is 0 Å². The Balaban J connectivity index is 0.000000157. The fraction of sp³-hybridized carbons (Fsp3) is 0.145.